The fourth-order valence-corrected chi connectivity index (χ4v) is 2.37. The van der Waals surface area contributed by atoms with Crippen molar-refractivity contribution in [1.82, 2.24) is 10.1 Å². The smallest absolute Gasteiger partial charge is 0.350 e. The van der Waals surface area contributed by atoms with Crippen molar-refractivity contribution in [2.45, 2.75) is 23.3 Å². The number of nitro groups is 1. The van der Waals surface area contributed by atoms with Crippen molar-refractivity contribution in [3.05, 3.63) is 15.9 Å². The van der Waals surface area contributed by atoms with E-state index in [4.69, 9.17) is 21.4 Å². The molecule has 0 bridgehead atoms. The zero-order valence-electron chi connectivity index (χ0n) is 11.1. The average Bonchev–Trinajstić information content (AvgIpc) is 2.86. The lowest BCUT2D eigenvalue weighted by molar-refractivity contribution is -0.354. The predicted octanol–water partition coefficient (Wildman–Crippen LogP) is 0.711. The third-order valence-electron chi connectivity index (χ3n) is 2.44. The third-order valence-corrected chi connectivity index (χ3v) is 3.96. The van der Waals surface area contributed by atoms with Gasteiger partial charge in [0.15, 0.2) is 11.8 Å². The van der Waals surface area contributed by atoms with E-state index in [0.29, 0.717) is 12.8 Å². The molecule has 0 aliphatic rings. The van der Waals surface area contributed by atoms with E-state index in [1.54, 1.807) is 6.26 Å². The number of amidine groups is 1. The quantitative estimate of drug-likeness (QED) is 0.186. The molecular formula is C9H15N7O3S2. The summed E-state index contributed by atoms with van der Waals surface area (Å²) < 4.78 is 4.80. The largest absolute Gasteiger partial charge is 0.370 e. The van der Waals surface area contributed by atoms with Gasteiger partial charge >= 0.3 is 11.9 Å². The minimum Gasteiger partial charge on any atom is -0.370 e. The van der Waals surface area contributed by atoms with Gasteiger partial charge in [-0.25, -0.2) is 0 Å². The van der Waals surface area contributed by atoms with Crippen molar-refractivity contribution < 1.29 is 9.45 Å². The van der Waals surface area contributed by atoms with E-state index >= 15 is 0 Å². The van der Waals surface area contributed by atoms with Crippen LogP contribution in [0, 0.1) is 15.5 Å². The van der Waals surface area contributed by atoms with Crippen molar-refractivity contribution in [2.75, 3.05) is 6.26 Å². The summed E-state index contributed by atoms with van der Waals surface area (Å²) in [5, 5.41) is 20.7. The molecule has 5 N–H and O–H groups in total. The van der Waals surface area contributed by atoms with Gasteiger partial charge in [-0.1, -0.05) is 10.6 Å². The number of aliphatic imine (C=N–C) groups is 1. The summed E-state index contributed by atoms with van der Waals surface area (Å²) >= 11 is 5.55. The van der Waals surface area contributed by atoms with Gasteiger partial charge < -0.3 is 26.1 Å². The lowest BCUT2D eigenvalue weighted by Gasteiger charge is -2.12. The highest BCUT2D eigenvalue weighted by molar-refractivity contribution is 7.99. The molecule has 1 heterocycles. The highest BCUT2D eigenvalue weighted by Crippen LogP contribution is 2.27. The SMILES string of the molecule is CSC(CCC(S)c1noc(N=C(N)N)n1)C(=N)[N+](=O)[O-]. The molecule has 116 valence electrons. The topological polar surface area (TPSA) is 170 Å². The normalized spacial score (nSPS) is 13.4. The average molecular weight is 333 g/mol. The van der Waals surface area contributed by atoms with E-state index in [0.717, 1.165) is 0 Å². The van der Waals surface area contributed by atoms with Crippen LogP contribution in [-0.4, -0.2) is 38.4 Å². The molecule has 12 heteroatoms. The van der Waals surface area contributed by atoms with Crippen molar-refractivity contribution in [3.8, 4) is 0 Å². The molecule has 0 radical (unpaired) electrons. The molecule has 0 aliphatic heterocycles. The van der Waals surface area contributed by atoms with Crippen molar-refractivity contribution >= 4 is 42.2 Å². The van der Waals surface area contributed by atoms with Crippen LogP contribution in [0.25, 0.3) is 0 Å². The Morgan fingerprint density at radius 3 is 2.81 bits per heavy atom. The molecule has 0 saturated heterocycles. The highest BCUT2D eigenvalue weighted by Gasteiger charge is 2.25. The van der Waals surface area contributed by atoms with Gasteiger partial charge in [0.2, 0.25) is 0 Å². The number of nitrogens with zero attached hydrogens (tertiary/aromatic N) is 4. The Labute approximate surface area is 129 Å². The molecule has 0 fully saturated rings. The van der Waals surface area contributed by atoms with Crippen LogP contribution in [0.3, 0.4) is 0 Å². The van der Waals surface area contributed by atoms with Gasteiger partial charge in [0, 0.05) is 0 Å². The van der Waals surface area contributed by atoms with Gasteiger partial charge in [0.25, 0.3) is 0 Å². The Morgan fingerprint density at radius 1 is 1.62 bits per heavy atom. The molecule has 1 rings (SSSR count). The third kappa shape index (κ3) is 5.23. The predicted molar refractivity (Wildman–Crippen MR) is 82.8 cm³/mol. The van der Waals surface area contributed by atoms with Crippen LogP contribution in [-0.2, 0) is 0 Å². The van der Waals surface area contributed by atoms with Crippen molar-refractivity contribution in [2.24, 2.45) is 16.5 Å². The number of thiol groups is 1. The number of hydrogen-bond donors (Lipinski definition) is 4. The van der Waals surface area contributed by atoms with E-state index in [1.807, 2.05) is 0 Å². The van der Waals surface area contributed by atoms with Gasteiger partial charge in [-0.3, -0.25) is 0 Å². The lowest BCUT2D eigenvalue weighted by Crippen LogP contribution is -2.24. The number of nitrogens with one attached hydrogen (secondary N) is 1. The van der Waals surface area contributed by atoms with Crippen LogP contribution in [0.2, 0.25) is 0 Å². The summed E-state index contributed by atoms with van der Waals surface area (Å²) in [4.78, 5) is 17.4. The van der Waals surface area contributed by atoms with E-state index < -0.39 is 21.3 Å². The molecule has 1 aromatic rings. The number of aromatic nitrogens is 2. The molecule has 2 unspecified atom stereocenters. The standard InChI is InChI=1S/C9H15N7O3S2/c1-21-5(6(10)16(17)18)3-2-4(20)7-13-9(19-15-7)14-8(11)12/h4-5,10,20H,2-3H2,1H3,(H4,11,12,13,14,15). The number of thioether (sulfide) groups is 1. The van der Waals surface area contributed by atoms with Crippen LogP contribution < -0.4 is 11.5 Å². The first-order valence-corrected chi connectivity index (χ1v) is 7.52. The first-order valence-electron chi connectivity index (χ1n) is 5.72. The summed E-state index contributed by atoms with van der Waals surface area (Å²) in [6.07, 6.45) is 2.54. The molecule has 21 heavy (non-hydrogen) atoms. The van der Waals surface area contributed by atoms with E-state index in [9.17, 15) is 10.1 Å². The van der Waals surface area contributed by atoms with Crippen LogP contribution in [0.1, 0.15) is 23.9 Å². The summed E-state index contributed by atoms with van der Waals surface area (Å²) in [5.41, 5.74) is 10.4. The lowest BCUT2D eigenvalue weighted by atomic mass is 10.1. The zero-order valence-corrected chi connectivity index (χ0v) is 12.8. The number of hydrogen-bond acceptors (Lipinski definition) is 9. The maximum Gasteiger partial charge on any atom is 0.350 e. The first-order chi connectivity index (χ1) is 9.85. The Morgan fingerprint density at radius 2 is 2.29 bits per heavy atom. The molecule has 10 nitrogen and oxygen atoms in total. The second kappa shape index (κ2) is 7.83. The molecule has 1 aromatic heterocycles. The Bertz CT molecular complexity index is 543. The summed E-state index contributed by atoms with van der Waals surface area (Å²) in [5.74, 6) is -0.453. The maximum atomic E-state index is 10.6. The number of nitrogens with two attached hydrogens (primary N) is 2. The fourth-order valence-electron chi connectivity index (χ4n) is 1.44. The van der Waals surface area contributed by atoms with Gasteiger partial charge in [-0.15, -0.1) is 11.8 Å². The maximum absolute atomic E-state index is 10.6. The number of guanidine groups is 1. The van der Waals surface area contributed by atoms with E-state index in [2.05, 4.69) is 27.8 Å². The van der Waals surface area contributed by atoms with Crippen molar-refractivity contribution in [1.29, 1.82) is 5.41 Å². The van der Waals surface area contributed by atoms with Gasteiger partial charge in [-0.2, -0.15) is 22.6 Å². The van der Waals surface area contributed by atoms with Gasteiger partial charge in [0.05, 0.1) is 5.25 Å². The molecule has 0 aliphatic carbocycles. The van der Waals surface area contributed by atoms with E-state index in [-0.39, 0.29) is 17.8 Å². The van der Waals surface area contributed by atoms with Crippen LogP contribution in [0.15, 0.2) is 9.52 Å². The molecule has 2 atom stereocenters. The molecule has 0 aromatic carbocycles. The van der Waals surface area contributed by atoms with Gasteiger partial charge in [0.1, 0.15) is 5.25 Å². The number of rotatable bonds is 7. The summed E-state index contributed by atoms with van der Waals surface area (Å²) in [6.45, 7) is 0. The minimum atomic E-state index is -0.695. The van der Waals surface area contributed by atoms with E-state index in [1.165, 1.54) is 11.8 Å². The first kappa shape index (κ1) is 17.2. The molecule has 0 spiro atoms. The Hall–Kier alpha value is -1.82. The summed E-state index contributed by atoms with van der Waals surface area (Å²) in [7, 11) is 0. The van der Waals surface area contributed by atoms with Gasteiger partial charge in [-0.05, 0) is 24.0 Å². The Kier molecular flexibility index (Phi) is 6.42. The van der Waals surface area contributed by atoms with Crippen molar-refractivity contribution in [3.63, 3.8) is 0 Å². The Balaban J connectivity index is 2.62. The molecule has 0 saturated carbocycles. The van der Waals surface area contributed by atoms with Crippen LogP contribution in [0.5, 0.6) is 0 Å². The highest BCUT2D eigenvalue weighted by atomic mass is 32.2. The second-order valence-electron chi connectivity index (χ2n) is 3.93. The molecular weight excluding hydrogens is 318 g/mol. The second-order valence-corrected chi connectivity index (χ2v) is 5.60. The van der Waals surface area contributed by atoms with Crippen LogP contribution in [0.4, 0.5) is 6.01 Å². The zero-order chi connectivity index (χ0) is 16.0. The minimum absolute atomic E-state index is 0.0801. The molecule has 0 amide bonds. The van der Waals surface area contributed by atoms with Crippen LogP contribution >= 0.6 is 24.4 Å². The summed E-state index contributed by atoms with van der Waals surface area (Å²) in [6, 6.07) is -0.0801. The fraction of sp³-hybridized carbons (Fsp3) is 0.556. The monoisotopic (exact) mass is 333 g/mol.